The van der Waals surface area contributed by atoms with E-state index in [9.17, 15) is 4.79 Å². The standard InChI is InChI=1S/C15H13Cl2NO3/c1-20-13-6-10(12(18)7-14(13)21-2)15(19)9-4-3-8(16)5-11(9)17/h3-7H,18H2,1-2H3. The van der Waals surface area contributed by atoms with Gasteiger partial charge < -0.3 is 15.2 Å². The van der Waals surface area contributed by atoms with Crippen molar-refractivity contribution in [3.8, 4) is 11.5 Å². The molecule has 2 N–H and O–H groups in total. The predicted octanol–water partition coefficient (Wildman–Crippen LogP) is 3.82. The number of ketones is 1. The number of methoxy groups -OCH3 is 2. The quantitative estimate of drug-likeness (QED) is 0.685. The van der Waals surface area contributed by atoms with Crippen LogP contribution >= 0.6 is 23.2 Å². The fourth-order valence-electron chi connectivity index (χ4n) is 1.91. The molecule has 0 radical (unpaired) electrons. The lowest BCUT2D eigenvalue weighted by molar-refractivity contribution is 0.103. The Morgan fingerprint density at radius 3 is 2.19 bits per heavy atom. The highest BCUT2D eigenvalue weighted by Gasteiger charge is 2.19. The largest absolute Gasteiger partial charge is 0.493 e. The molecule has 6 heteroatoms. The molecule has 0 saturated heterocycles. The van der Waals surface area contributed by atoms with Gasteiger partial charge in [0.1, 0.15) is 0 Å². The molecule has 4 nitrogen and oxygen atoms in total. The number of carbonyl (C=O) groups excluding carboxylic acids is 1. The number of hydrogen-bond donors (Lipinski definition) is 1. The van der Waals surface area contributed by atoms with Gasteiger partial charge in [0.05, 0.1) is 19.2 Å². The normalized spacial score (nSPS) is 10.3. The summed E-state index contributed by atoms with van der Waals surface area (Å²) in [6, 6.07) is 7.73. The molecular formula is C15H13Cl2NO3. The van der Waals surface area contributed by atoms with Gasteiger partial charge in [0, 0.05) is 27.9 Å². The molecule has 2 aromatic rings. The molecule has 21 heavy (non-hydrogen) atoms. The molecule has 0 amide bonds. The van der Waals surface area contributed by atoms with Crippen molar-refractivity contribution in [1.29, 1.82) is 0 Å². The Hall–Kier alpha value is -1.91. The number of benzene rings is 2. The molecule has 0 aliphatic rings. The zero-order valence-corrected chi connectivity index (χ0v) is 13.0. The van der Waals surface area contributed by atoms with E-state index in [1.165, 1.54) is 32.4 Å². The van der Waals surface area contributed by atoms with Gasteiger partial charge in [0.15, 0.2) is 17.3 Å². The number of hydrogen-bond acceptors (Lipinski definition) is 4. The van der Waals surface area contributed by atoms with Gasteiger partial charge in [-0.1, -0.05) is 23.2 Å². The monoisotopic (exact) mass is 325 g/mol. The van der Waals surface area contributed by atoms with Crippen molar-refractivity contribution in [3.05, 3.63) is 51.5 Å². The molecule has 0 fully saturated rings. The minimum Gasteiger partial charge on any atom is -0.493 e. The molecule has 0 heterocycles. The van der Waals surface area contributed by atoms with Crippen LogP contribution in [0.3, 0.4) is 0 Å². The van der Waals surface area contributed by atoms with Crippen LogP contribution in [0.2, 0.25) is 10.0 Å². The summed E-state index contributed by atoms with van der Waals surface area (Å²) in [6.07, 6.45) is 0. The number of ether oxygens (including phenoxy) is 2. The highest BCUT2D eigenvalue weighted by molar-refractivity contribution is 6.37. The first-order valence-corrected chi connectivity index (χ1v) is 6.74. The van der Waals surface area contributed by atoms with Crippen molar-refractivity contribution in [2.45, 2.75) is 0 Å². The topological polar surface area (TPSA) is 61.5 Å². The van der Waals surface area contributed by atoms with Crippen LogP contribution in [0.1, 0.15) is 15.9 Å². The first-order valence-electron chi connectivity index (χ1n) is 5.99. The average molecular weight is 326 g/mol. The molecular weight excluding hydrogens is 313 g/mol. The van der Waals surface area contributed by atoms with E-state index in [0.29, 0.717) is 22.1 Å². The molecule has 0 aliphatic carbocycles. The first-order chi connectivity index (χ1) is 9.97. The molecule has 0 spiro atoms. The molecule has 2 aromatic carbocycles. The van der Waals surface area contributed by atoms with E-state index < -0.39 is 0 Å². The number of halogens is 2. The summed E-state index contributed by atoms with van der Waals surface area (Å²) in [5.74, 6) is 0.559. The fraction of sp³-hybridized carbons (Fsp3) is 0.133. The van der Waals surface area contributed by atoms with Gasteiger partial charge >= 0.3 is 0 Å². The van der Waals surface area contributed by atoms with E-state index in [1.54, 1.807) is 12.1 Å². The summed E-state index contributed by atoms with van der Waals surface area (Å²) in [7, 11) is 2.98. The molecule has 0 aromatic heterocycles. The third-order valence-corrected chi connectivity index (χ3v) is 3.52. The molecule has 2 rings (SSSR count). The second kappa shape index (κ2) is 6.24. The third-order valence-electron chi connectivity index (χ3n) is 2.98. The highest BCUT2D eigenvalue weighted by atomic mass is 35.5. The molecule has 0 saturated carbocycles. The Morgan fingerprint density at radius 2 is 1.62 bits per heavy atom. The molecule has 0 bridgehead atoms. The van der Waals surface area contributed by atoms with Crippen molar-refractivity contribution in [1.82, 2.24) is 0 Å². The minimum absolute atomic E-state index is 0.265. The Bertz CT molecular complexity index is 702. The summed E-state index contributed by atoms with van der Waals surface area (Å²) in [5, 5.41) is 0.721. The Labute approximate surface area is 132 Å². The Balaban J connectivity index is 2.53. The van der Waals surface area contributed by atoms with E-state index in [1.807, 2.05) is 0 Å². The van der Waals surface area contributed by atoms with Crippen molar-refractivity contribution < 1.29 is 14.3 Å². The zero-order chi connectivity index (χ0) is 15.6. The number of nitrogens with two attached hydrogens (primary N) is 1. The average Bonchev–Trinajstić information content (AvgIpc) is 2.46. The summed E-state index contributed by atoms with van der Waals surface area (Å²) in [6.45, 7) is 0. The lowest BCUT2D eigenvalue weighted by Crippen LogP contribution is -2.07. The fourth-order valence-corrected chi connectivity index (χ4v) is 2.40. The molecule has 0 aliphatic heterocycles. The van der Waals surface area contributed by atoms with Crippen LogP contribution in [-0.4, -0.2) is 20.0 Å². The van der Waals surface area contributed by atoms with E-state index in [-0.39, 0.29) is 22.1 Å². The summed E-state index contributed by atoms with van der Waals surface area (Å²) >= 11 is 11.9. The number of nitrogen functional groups attached to an aromatic ring is 1. The minimum atomic E-state index is -0.310. The van der Waals surface area contributed by atoms with Crippen LogP contribution in [0, 0.1) is 0 Å². The second-order valence-corrected chi connectivity index (χ2v) is 5.09. The maximum Gasteiger partial charge on any atom is 0.196 e. The summed E-state index contributed by atoms with van der Waals surface area (Å²) in [4.78, 5) is 12.6. The number of anilines is 1. The Kier molecular flexibility index (Phi) is 4.60. The van der Waals surface area contributed by atoms with Gasteiger partial charge in [0.2, 0.25) is 0 Å². The summed E-state index contributed by atoms with van der Waals surface area (Å²) < 4.78 is 10.3. The van der Waals surface area contributed by atoms with Gasteiger partial charge in [-0.15, -0.1) is 0 Å². The SMILES string of the molecule is COc1cc(N)c(C(=O)c2ccc(Cl)cc2Cl)cc1OC. The summed E-state index contributed by atoms with van der Waals surface area (Å²) in [5.41, 5.74) is 6.80. The lowest BCUT2D eigenvalue weighted by Gasteiger charge is -2.12. The van der Waals surface area contributed by atoms with Gasteiger partial charge in [-0.3, -0.25) is 4.79 Å². The van der Waals surface area contributed by atoms with E-state index >= 15 is 0 Å². The van der Waals surface area contributed by atoms with Crippen molar-refractivity contribution in [3.63, 3.8) is 0 Å². The van der Waals surface area contributed by atoms with E-state index in [4.69, 9.17) is 38.4 Å². The van der Waals surface area contributed by atoms with Crippen LogP contribution in [0.4, 0.5) is 5.69 Å². The molecule has 0 unspecified atom stereocenters. The van der Waals surface area contributed by atoms with E-state index in [0.717, 1.165) is 0 Å². The predicted molar refractivity (Wildman–Crippen MR) is 83.9 cm³/mol. The second-order valence-electron chi connectivity index (χ2n) is 4.25. The van der Waals surface area contributed by atoms with Crippen molar-refractivity contribution >= 4 is 34.7 Å². The van der Waals surface area contributed by atoms with Gasteiger partial charge in [0.25, 0.3) is 0 Å². The van der Waals surface area contributed by atoms with Crippen LogP contribution in [0.25, 0.3) is 0 Å². The Morgan fingerprint density at radius 1 is 1.00 bits per heavy atom. The van der Waals surface area contributed by atoms with Crippen LogP contribution in [0.5, 0.6) is 11.5 Å². The van der Waals surface area contributed by atoms with Crippen LogP contribution < -0.4 is 15.2 Å². The van der Waals surface area contributed by atoms with Gasteiger partial charge in [-0.2, -0.15) is 0 Å². The highest BCUT2D eigenvalue weighted by Crippen LogP contribution is 2.34. The third kappa shape index (κ3) is 3.06. The smallest absolute Gasteiger partial charge is 0.196 e. The maximum atomic E-state index is 12.6. The lowest BCUT2D eigenvalue weighted by atomic mass is 10.0. The number of carbonyl (C=O) groups is 1. The van der Waals surface area contributed by atoms with E-state index in [2.05, 4.69) is 0 Å². The van der Waals surface area contributed by atoms with Crippen LogP contribution in [0.15, 0.2) is 30.3 Å². The van der Waals surface area contributed by atoms with Crippen molar-refractivity contribution in [2.24, 2.45) is 0 Å². The van der Waals surface area contributed by atoms with Crippen molar-refractivity contribution in [2.75, 3.05) is 20.0 Å². The molecule has 0 atom stereocenters. The first kappa shape index (κ1) is 15.5. The molecule has 110 valence electrons. The van der Waals surface area contributed by atoms with Gasteiger partial charge in [-0.05, 0) is 24.3 Å². The maximum absolute atomic E-state index is 12.6. The van der Waals surface area contributed by atoms with Crippen LogP contribution in [-0.2, 0) is 0 Å². The zero-order valence-electron chi connectivity index (χ0n) is 11.4. The number of rotatable bonds is 4. The van der Waals surface area contributed by atoms with Gasteiger partial charge in [-0.25, -0.2) is 0 Å².